The number of rotatable bonds is 4. The lowest BCUT2D eigenvalue weighted by molar-refractivity contribution is -0.138. The van der Waals surface area contributed by atoms with Gasteiger partial charge in [-0.05, 0) is 17.5 Å². The van der Waals surface area contributed by atoms with Crippen molar-refractivity contribution in [3.8, 4) is 0 Å². The Morgan fingerprint density at radius 3 is 2.33 bits per heavy atom. The average molecular weight is 339 g/mol. The van der Waals surface area contributed by atoms with Gasteiger partial charge >= 0.3 is 5.97 Å². The molecule has 3 aromatic rings. The summed E-state index contributed by atoms with van der Waals surface area (Å²) in [6, 6.07) is 18.6. The minimum absolute atomic E-state index is 0.268. The van der Waals surface area contributed by atoms with E-state index in [0.717, 1.165) is 10.1 Å². The summed E-state index contributed by atoms with van der Waals surface area (Å²) in [5.74, 6) is -0.754. The summed E-state index contributed by atoms with van der Waals surface area (Å²) in [5, 5.41) is 0.990. The molecule has 1 aromatic heterocycles. The second-order valence-corrected chi connectivity index (χ2v) is 6.66. The van der Waals surface area contributed by atoms with E-state index in [1.165, 1.54) is 16.2 Å². The smallest absolute Gasteiger partial charge is 0.349 e. The normalized spacial score (nSPS) is 11.9. The number of carbonyl (C=O) groups excluding carboxylic acids is 2. The fourth-order valence-corrected chi connectivity index (χ4v) is 3.32. The molecule has 1 atom stereocenters. The summed E-state index contributed by atoms with van der Waals surface area (Å²) in [7, 11) is 3.29. The van der Waals surface area contributed by atoms with Crippen LogP contribution in [-0.4, -0.2) is 30.9 Å². The Bertz CT molecular complexity index is 837. The highest BCUT2D eigenvalue weighted by atomic mass is 32.1. The summed E-state index contributed by atoms with van der Waals surface area (Å²) in [4.78, 5) is 26.9. The number of hydrogen-bond acceptors (Lipinski definition) is 4. The number of amides is 1. The first-order chi connectivity index (χ1) is 11.6. The van der Waals surface area contributed by atoms with E-state index in [4.69, 9.17) is 4.74 Å². The van der Waals surface area contributed by atoms with Crippen molar-refractivity contribution in [2.45, 2.75) is 6.10 Å². The van der Waals surface area contributed by atoms with E-state index in [1.807, 2.05) is 42.5 Å². The highest BCUT2D eigenvalue weighted by Crippen LogP contribution is 2.28. The van der Waals surface area contributed by atoms with Gasteiger partial charge < -0.3 is 9.64 Å². The Morgan fingerprint density at radius 2 is 1.67 bits per heavy atom. The number of carbonyl (C=O) groups is 2. The van der Waals surface area contributed by atoms with Crippen LogP contribution in [0.5, 0.6) is 0 Å². The number of nitrogens with zero attached hydrogens (tertiary/aromatic N) is 1. The SMILES string of the molecule is CN(C)C(=O)[C@H](OC(=O)c1cc2ccccc2s1)c1ccccc1. The van der Waals surface area contributed by atoms with Gasteiger partial charge in [0.25, 0.3) is 5.91 Å². The fourth-order valence-electron chi connectivity index (χ4n) is 2.37. The zero-order valence-electron chi connectivity index (χ0n) is 13.4. The first-order valence-corrected chi connectivity index (χ1v) is 8.33. The molecule has 0 spiro atoms. The Morgan fingerprint density at radius 1 is 1.00 bits per heavy atom. The van der Waals surface area contributed by atoms with Crippen molar-refractivity contribution in [2.75, 3.05) is 14.1 Å². The highest BCUT2D eigenvalue weighted by molar-refractivity contribution is 7.20. The van der Waals surface area contributed by atoms with Crippen molar-refractivity contribution in [3.63, 3.8) is 0 Å². The molecule has 1 heterocycles. The molecule has 0 saturated heterocycles. The number of hydrogen-bond donors (Lipinski definition) is 0. The van der Waals surface area contributed by atoms with Gasteiger partial charge in [-0.15, -0.1) is 11.3 Å². The predicted molar refractivity (Wildman–Crippen MR) is 95.1 cm³/mol. The van der Waals surface area contributed by atoms with Gasteiger partial charge in [0.15, 0.2) is 0 Å². The molecule has 0 radical (unpaired) electrons. The van der Waals surface area contributed by atoms with Crippen molar-refractivity contribution in [3.05, 3.63) is 71.1 Å². The van der Waals surface area contributed by atoms with Gasteiger partial charge in [-0.25, -0.2) is 4.79 Å². The first kappa shape index (κ1) is 16.2. The monoisotopic (exact) mass is 339 g/mol. The molecule has 0 saturated carbocycles. The molecule has 3 rings (SSSR count). The maximum absolute atomic E-state index is 12.5. The van der Waals surface area contributed by atoms with E-state index in [0.29, 0.717) is 10.4 Å². The molecule has 2 aromatic carbocycles. The third kappa shape index (κ3) is 3.31. The first-order valence-electron chi connectivity index (χ1n) is 7.52. The van der Waals surface area contributed by atoms with E-state index in [9.17, 15) is 9.59 Å². The quantitative estimate of drug-likeness (QED) is 0.678. The number of ether oxygens (including phenoxy) is 1. The van der Waals surface area contributed by atoms with E-state index in [1.54, 1.807) is 32.3 Å². The van der Waals surface area contributed by atoms with Crippen LogP contribution in [0.1, 0.15) is 21.3 Å². The molecule has 0 unspecified atom stereocenters. The van der Waals surface area contributed by atoms with Gasteiger partial charge in [0.2, 0.25) is 6.10 Å². The fraction of sp³-hybridized carbons (Fsp3) is 0.158. The maximum atomic E-state index is 12.5. The third-order valence-corrected chi connectivity index (χ3v) is 4.72. The van der Waals surface area contributed by atoms with Crippen LogP contribution in [0.3, 0.4) is 0 Å². The molecule has 122 valence electrons. The Labute approximate surface area is 144 Å². The van der Waals surface area contributed by atoms with Crippen molar-refractivity contribution in [2.24, 2.45) is 0 Å². The van der Waals surface area contributed by atoms with E-state index in [2.05, 4.69) is 0 Å². The van der Waals surface area contributed by atoms with Crippen LogP contribution in [0.15, 0.2) is 60.7 Å². The van der Waals surface area contributed by atoms with Gasteiger partial charge in [0.1, 0.15) is 4.88 Å². The standard InChI is InChI=1S/C19H17NO3S/c1-20(2)18(21)17(13-8-4-3-5-9-13)23-19(22)16-12-14-10-6-7-11-15(14)24-16/h3-12,17H,1-2H3/t17-/m1/s1. The minimum atomic E-state index is -0.945. The van der Waals surface area contributed by atoms with Gasteiger partial charge in [-0.1, -0.05) is 48.5 Å². The molecule has 0 N–H and O–H groups in total. The Hall–Kier alpha value is -2.66. The summed E-state index contributed by atoms with van der Waals surface area (Å²) in [6.07, 6.45) is -0.945. The second-order valence-electron chi connectivity index (χ2n) is 5.58. The Kier molecular flexibility index (Phi) is 4.62. The molecule has 5 heteroatoms. The van der Waals surface area contributed by atoms with Crippen molar-refractivity contribution in [1.29, 1.82) is 0 Å². The largest absolute Gasteiger partial charge is 0.443 e. The Balaban J connectivity index is 1.89. The van der Waals surface area contributed by atoms with Crippen LogP contribution in [0.4, 0.5) is 0 Å². The van der Waals surface area contributed by atoms with Crippen LogP contribution >= 0.6 is 11.3 Å². The van der Waals surface area contributed by atoms with E-state index < -0.39 is 12.1 Å². The number of benzene rings is 2. The molecule has 4 nitrogen and oxygen atoms in total. The maximum Gasteiger partial charge on any atom is 0.349 e. The van der Waals surface area contributed by atoms with Crippen LogP contribution in [0.25, 0.3) is 10.1 Å². The molecule has 0 aliphatic rings. The van der Waals surface area contributed by atoms with Crippen LogP contribution in [0.2, 0.25) is 0 Å². The van der Waals surface area contributed by atoms with E-state index in [-0.39, 0.29) is 5.91 Å². The van der Waals surface area contributed by atoms with Crippen molar-refractivity contribution >= 4 is 33.3 Å². The molecule has 24 heavy (non-hydrogen) atoms. The summed E-state index contributed by atoms with van der Waals surface area (Å²) >= 11 is 1.36. The van der Waals surface area contributed by atoms with Crippen LogP contribution in [0, 0.1) is 0 Å². The predicted octanol–water partition coefficient (Wildman–Crippen LogP) is 3.89. The summed E-state index contributed by atoms with van der Waals surface area (Å²) in [5.41, 5.74) is 0.658. The van der Waals surface area contributed by atoms with Crippen LogP contribution < -0.4 is 0 Å². The van der Waals surface area contributed by atoms with Gasteiger partial charge in [0.05, 0.1) is 0 Å². The van der Waals surface area contributed by atoms with Gasteiger partial charge in [0, 0.05) is 24.4 Å². The zero-order chi connectivity index (χ0) is 17.1. The lowest BCUT2D eigenvalue weighted by Gasteiger charge is -2.20. The summed E-state index contributed by atoms with van der Waals surface area (Å²) in [6.45, 7) is 0. The van der Waals surface area contributed by atoms with Gasteiger partial charge in [-0.2, -0.15) is 0 Å². The van der Waals surface area contributed by atoms with Gasteiger partial charge in [-0.3, -0.25) is 4.79 Å². The van der Waals surface area contributed by atoms with E-state index >= 15 is 0 Å². The molecule has 0 aliphatic heterocycles. The topological polar surface area (TPSA) is 46.6 Å². The lowest BCUT2D eigenvalue weighted by atomic mass is 10.1. The molecular formula is C19H17NO3S. The lowest BCUT2D eigenvalue weighted by Crippen LogP contribution is -2.31. The van der Waals surface area contributed by atoms with Crippen LogP contribution in [-0.2, 0) is 9.53 Å². The molecule has 0 fully saturated rings. The molecule has 1 amide bonds. The summed E-state index contributed by atoms with van der Waals surface area (Å²) < 4.78 is 6.57. The third-order valence-electron chi connectivity index (χ3n) is 3.62. The average Bonchev–Trinajstić information content (AvgIpc) is 3.04. The van der Waals surface area contributed by atoms with Crippen molar-refractivity contribution in [1.82, 2.24) is 4.90 Å². The number of esters is 1. The number of fused-ring (bicyclic) bond motifs is 1. The highest BCUT2D eigenvalue weighted by Gasteiger charge is 2.27. The minimum Gasteiger partial charge on any atom is -0.443 e. The number of thiophene rings is 1. The van der Waals surface area contributed by atoms with Crippen molar-refractivity contribution < 1.29 is 14.3 Å². The molecular weight excluding hydrogens is 322 g/mol. The number of likely N-dealkylation sites (N-methyl/N-ethyl adjacent to an activating group) is 1. The zero-order valence-corrected chi connectivity index (χ0v) is 14.2. The second kappa shape index (κ2) is 6.84. The molecule has 0 bridgehead atoms. The molecule has 0 aliphatic carbocycles.